The predicted molar refractivity (Wildman–Crippen MR) is 67.8 cm³/mol. The van der Waals surface area contributed by atoms with Crippen LogP contribution < -0.4 is 11.1 Å². The molecular formula is C11H11F3N4S. The first kappa shape index (κ1) is 13.6. The molecule has 102 valence electrons. The molecule has 2 aromatic heterocycles. The molecular weight excluding hydrogens is 277 g/mol. The van der Waals surface area contributed by atoms with Gasteiger partial charge in [-0.15, -0.1) is 0 Å². The molecule has 0 aliphatic carbocycles. The van der Waals surface area contributed by atoms with E-state index in [1.54, 1.807) is 0 Å². The molecule has 0 fully saturated rings. The van der Waals surface area contributed by atoms with Crippen LogP contribution in [-0.4, -0.2) is 9.97 Å². The highest BCUT2D eigenvalue weighted by atomic mass is 32.1. The third kappa shape index (κ3) is 3.34. The summed E-state index contributed by atoms with van der Waals surface area (Å²) in [5.74, 6) is -1.41. The van der Waals surface area contributed by atoms with E-state index in [1.165, 1.54) is 17.4 Å². The Morgan fingerprint density at radius 3 is 2.68 bits per heavy atom. The Labute approximate surface area is 111 Å². The smallest absolute Gasteiger partial charge is 0.384 e. The van der Waals surface area contributed by atoms with Gasteiger partial charge in [0.15, 0.2) is 0 Å². The van der Waals surface area contributed by atoms with Crippen molar-refractivity contribution in [2.75, 3.05) is 11.1 Å². The second-order valence-electron chi connectivity index (χ2n) is 3.92. The van der Waals surface area contributed by atoms with Crippen LogP contribution >= 0.6 is 11.3 Å². The number of halogens is 3. The molecule has 2 heterocycles. The lowest BCUT2D eigenvalue weighted by Gasteiger charge is -2.15. The number of rotatable bonds is 3. The maximum Gasteiger partial charge on any atom is 0.451 e. The number of hydrogen-bond donors (Lipinski definition) is 2. The Hall–Kier alpha value is -1.83. The minimum absolute atomic E-state index is 0.0542. The SMILES string of the molecule is CC(Nc1cc(N)nc(C(F)(F)F)n1)c1ccsc1. The van der Waals surface area contributed by atoms with E-state index in [1.807, 2.05) is 23.8 Å². The normalized spacial score (nSPS) is 13.3. The summed E-state index contributed by atoms with van der Waals surface area (Å²) in [6, 6.07) is 3.00. The lowest BCUT2D eigenvalue weighted by atomic mass is 10.2. The highest BCUT2D eigenvalue weighted by Crippen LogP contribution is 2.28. The summed E-state index contributed by atoms with van der Waals surface area (Å²) in [6.45, 7) is 1.83. The number of nitrogen functional groups attached to an aromatic ring is 1. The van der Waals surface area contributed by atoms with Gasteiger partial charge in [0.25, 0.3) is 0 Å². The average Bonchev–Trinajstić information content (AvgIpc) is 2.80. The number of alkyl halides is 3. The van der Waals surface area contributed by atoms with Crippen LogP contribution in [0.3, 0.4) is 0 Å². The van der Waals surface area contributed by atoms with Gasteiger partial charge in [-0.25, -0.2) is 9.97 Å². The average molecular weight is 288 g/mol. The molecule has 0 aromatic carbocycles. The monoisotopic (exact) mass is 288 g/mol. The first-order valence-corrected chi connectivity index (χ1v) is 6.31. The maximum atomic E-state index is 12.6. The molecule has 0 aliphatic rings. The molecule has 1 atom stereocenters. The minimum atomic E-state index is -4.61. The summed E-state index contributed by atoms with van der Waals surface area (Å²) in [5.41, 5.74) is 6.33. The van der Waals surface area contributed by atoms with Crippen molar-refractivity contribution in [3.05, 3.63) is 34.3 Å². The predicted octanol–water partition coefficient (Wildman–Crippen LogP) is 3.31. The summed E-state index contributed by atoms with van der Waals surface area (Å²) >= 11 is 1.51. The highest BCUT2D eigenvalue weighted by Gasteiger charge is 2.35. The van der Waals surface area contributed by atoms with E-state index < -0.39 is 12.0 Å². The van der Waals surface area contributed by atoms with Gasteiger partial charge in [-0.1, -0.05) is 0 Å². The quantitative estimate of drug-likeness (QED) is 0.909. The zero-order chi connectivity index (χ0) is 14.0. The number of hydrogen-bond acceptors (Lipinski definition) is 5. The Morgan fingerprint density at radius 1 is 1.37 bits per heavy atom. The Morgan fingerprint density at radius 2 is 2.11 bits per heavy atom. The summed E-state index contributed by atoms with van der Waals surface area (Å²) in [6.07, 6.45) is -4.61. The van der Waals surface area contributed by atoms with Crippen molar-refractivity contribution in [1.29, 1.82) is 0 Å². The van der Waals surface area contributed by atoms with Crippen LogP contribution in [0.5, 0.6) is 0 Å². The topological polar surface area (TPSA) is 63.8 Å². The van der Waals surface area contributed by atoms with Crippen LogP contribution in [0.4, 0.5) is 24.8 Å². The lowest BCUT2D eigenvalue weighted by molar-refractivity contribution is -0.144. The van der Waals surface area contributed by atoms with E-state index >= 15 is 0 Å². The van der Waals surface area contributed by atoms with E-state index in [2.05, 4.69) is 15.3 Å². The zero-order valence-electron chi connectivity index (χ0n) is 9.90. The van der Waals surface area contributed by atoms with Crippen molar-refractivity contribution >= 4 is 23.0 Å². The van der Waals surface area contributed by atoms with Crippen molar-refractivity contribution in [1.82, 2.24) is 9.97 Å². The van der Waals surface area contributed by atoms with E-state index in [4.69, 9.17) is 5.73 Å². The van der Waals surface area contributed by atoms with Crippen LogP contribution in [0.15, 0.2) is 22.9 Å². The minimum Gasteiger partial charge on any atom is -0.384 e. The van der Waals surface area contributed by atoms with Gasteiger partial charge in [0.05, 0.1) is 6.04 Å². The third-order valence-electron chi connectivity index (χ3n) is 2.41. The third-order valence-corrected chi connectivity index (χ3v) is 3.11. The van der Waals surface area contributed by atoms with Gasteiger partial charge < -0.3 is 11.1 Å². The van der Waals surface area contributed by atoms with Crippen molar-refractivity contribution < 1.29 is 13.2 Å². The van der Waals surface area contributed by atoms with E-state index in [0.29, 0.717) is 0 Å². The number of nitrogens with two attached hydrogens (primary N) is 1. The molecule has 3 N–H and O–H groups in total. The van der Waals surface area contributed by atoms with E-state index in [9.17, 15) is 13.2 Å². The second-order valence-corrected chi connectivity index (χ2v) is 4.70. The van der Waals surface area contributed by atoms with Gasteiger partial charge in [-0.2, -0.15) is 24.5 Å². The fourth-order valence-corrected chi connectivity index (χ4v) is 2.25. The molecule has 0 saturated carbocycles. The first-order chi connectivity index (χ1) is 8.86. The lowest BCUT2D eigenvalue weighted by Crippen LogP contribution is -2.15. The fourth-order valence-electron chi connectivity index (χ4n) is 1.49. The van der Waals surface area contributed by atoms with E-state index in [-0.39, 0.29) is 17.7 Å². The standard InChI is InChI=1S/C11H11F3N4S/c1-6(7-2-3-19-5-7)16-9-4-8(15)17-10(18-9)11(12,13)14/h2-6H,1H3,(H3,15,16,17,18). The van der Waals surface area contributed by atoms with Crippen molar-refractivity contribution in [3.63, 3.8) is 0 Å². The molecule has 0 aliphatic heterocycles. The first-order valence-electron chi connectivity index (χ1n) is 5.36. The summed E-state index contributed by atoms with van der Waals surface area (Å²) in [5, 5.41) is 6.67. The molecule has 0 saturated heterocycles. The molecule has 1 unspecified atom stereocenters. The van der Waals surface area contributed by atoms with Gasteiger partial charge in [0.2, 0.25) is 5.82 Å². The summed E-state index contributed by atoms with van der Waals surface area (Å²) in [7, 11) is 0. The van der Waals surface area contributed by atoms with Crippen LogP contribution in [0, 0.1) is 0 Å². The molecule has 0 spiro atoms. The zero-order valence-corrected chi connectivity index (χ0v) is 10.7. The van der Waals surface area contributed by atoms with Gasteiger partial charge in [0.1, 0.15) is 11.6 Å². The van der Waals surface area contributed by atoms with Crippen molar-refractivity contribution in [2.24, 2.45) is 0 Å². The van der Waals surface area contributed by atoms with Crippen LogP contribution in [0.25, 0.3) is 0 Å². The van der Waals surface area contributed by atoms with Gasteiger partial charge in [-0.05, 0) is 29.3 Å². The number of nitrogens with one attached hydrogen (secondary N) is 1. The van der Waals surface area contributed by atoms with Gasteiger partial charge >= 0.3 is 6.18 Å². The van der Waals surface area contributed by atoms with Crippen molar-refractivity contribution in [2.45, 2.75) is 19.1 Å². The maximum absolute atomic E-state index is 12.6. The molecule has 19 heavy (non-hydrogen) atoms. The Kier molecular flexibility index (Phi) is 3.61. The van der Waals surface area contributed by atoms with Crippen LogP contribution in [0.1, 0.15) is 24.4 Å². The molecule has 2 aromatic rings. The summed E-state index contributed by atoms with van der Waals surface area (Å²) in [4.78, 5) is 6.61. The molecule has 8 heteroatoms. The molecule has 0 amide bonds. The Balaban J connectivity index is 2.23. The van der Waals surface area contributed by atoms with Crippen molar-refractivity contribution in [3.8, 4) is 0 Å². The fraction of sp³-hybridized carbons (Fsp3) is 0.273. The number of aromatic nitrogens is 2. The number of nitrogens with zero attached hydrogens (tertiary/aromatic N) is 2. The van der Waals surface area contributed by atoms with Gasteiger partial charge in [0, 0.05) is 6.07 Å². The second kappa shape index (κ2) is 5.04. The molecule has 0 bridgehead atoms. The molecule has 2 rings (SSSR count). The van der Waals surface area contributed by atoms with Crippen LogP contribution in [-0.2, 0) is 6.18 Å². The van der Waals surface area contributed by atoms with Crippen LogP contribution in [0.2, 0.25) is 0 Å². The Bertz CT molecular complexity index is 554. The summed E-state index contributed by atoms with van der Waals surface area (Å²) < 4.78 is 37.7. The number of thiophene rings is 1. The number of anilines is 2. The van der Waals surface area contributed by atoms with E-state index in [0.717, 1.165) is 5.56 Å². The molecule has 4 nitrogen and oxygen atoms in total. The van der Waals surface area contributed by atoms with Gasteiger partial charge in [-0.3, -0.25) is 0 Å². The largest absolute Gasteiger partial charge is 0.451 e. The molecule has 0 radical (unpaired) electrons. The highest BCUT2D eigenvalue weighted by molar-refractivity contribution is 7.07.